The van der Waals surface area contributed by atoms with E-state index in [2.05, 4.69) is 5.10 Å². The monoisotopic (exact) mass is 270 g/mol. The van der Waals surface area contributed by atoms with E-state index in [1.165, 1.54) is 19.2 Å². The lowest BCUT2D eigenvalue weighted by atomic mass is 10.1. The van der Waals surface area contributed by atoms with Crippen molar-refractivity contribution in [3.63, 3.8) is 0 Å². The molecule has 20 heavy (non-hydrogen) atoms. The molecule has 0 radical (unpaired) electrons. The van der Waals surface area contributed by atoms with Crippen molar-refractivity contribution in [3.05, 3.63) is 60.0 Å². The predicted molar refractivity (Wildman–Crippen MR) is 72.4 cm³/mol. The molecule has 0 aliphatic heterocycles. The number of esters is 1. The Balaban J connectivity index is 2.16. The van der Waals surface area contributed by atoms with Crippen molar-refractivity contribution in [2.24, 2.45) is 0 Å². The zero-order valence-electron chi connectivity index (χ0n) is 10.7. The number of methoxy groups -OCH3 is 1. The Hall–Kier alpha value is -2.69. The van der Waals surface area contributed by atoms with Crippen LogP contribution in [0.2, 0.25) is 0 Å². The van der Waals surface area contributed by atoms with Gasteiger partial charge in [0.25, 0.3) is 0 Å². The summed E-state index contributed by atoms with van der Waals surface area (Å²) in [5.74, 6) is -0.709. The molecule has 1 aromatic heterocycles. The molecule has 3 rings (SSSR count). The van der Waals surface area contributed by atoms with E-state index in [4.69, 9.17) is 4.74 Å². The molecule has 4 nitrogen and oxygen atoms in total. The van der Waals surface area contributed by atoms with Crippen molar-refractivity contribution < 1.29 is 13.9 Å². The van der Waals surface area contributed by atoms with Gasteiger partial charge in [-0.1, -0.05) is 6.07 Å². The first-order chi connectivity index (χ1) is 9.69. The molecule has 2 aromatic carbocycles. The minimum Gasteiger partial charge on any atom is -0.465 e. The van der Waals surface area contributed by atoms with Gasteiger partial charge >= 0.3 is 5.97 Å². The first-order valence-electron chi connectivity index (χ1n) is 6.01. The quantitative estimate of drug-likeness (QED) is 0.672. The minimum absolute atomic E-state index is 0.305. The molecule has 0 N–H and O–H groups in total. The van der Waals surface area contributed by atoms with Crippen molar-refractivity contribution in [3.8, 4) is 5.69 Å². The number of aromatic nitrogens is 2. The third-order valence-electron chi connectivity index (χ3n) is 3.06. The van der Waals surface area contributed by atoms with Gasteiger partial charge < -0.3 is 4.74 Å². The summed E-state index contributed by atoms with van der Waals surface area (Å²) in [7, 11) is 1.34. The lowest BCUT2D eigenvalue weighted by Gasteiger charge is -2.04. The van der Waals surface area contributed by atoms with Crippen molar-refractivity contribution in [1.29, 1.82) is 0 Å². The van der Waals surface area contributed by atoms with Gasteiger partial charge in [0.15, 0.2) is 0 Å². The average molecular weight is 270 g/mol. The maximum Gasteiger partial charge on any atom is 0.337 e. The highest BCUT2D eigenvalue weighted by Gasteiger charge is 2.10. The topological polar surface area (TPSA) is 44.1 Å². The van der Waals surface area contributed by atoms with Crippen molar-refractivity contribution in [2.45, 2.75) is 0 Å². The van der Waals surface area contributed by atoms with Crippen molar-refractivity contribution >= 4 is 16.9 Å². The molecule has 0 saturated carbocycles. The highest BCUT2D eigenvalue weighted by Crippen LogP contribution is 2.20. The number of benzene rings is 2. The molecule has 0 aliphatic carbocycles. The number of hydrogen-bond acceptors (Lipinski definition) is 3. The van der Waals surface area contributed by atoms with E-state index in [-0.39, 0.29) is 5.82 Å². The van der Waals surface area contributed by atoms with E-state index in [1.807, 2.05) is 0 Å². The van der Waals surface area contributed by atoms with Crippen LogP contribution in [0.3, 0.4) is 0 Å². The number of ether oxygens (including phenoxy) is 1. The first kappa shape index (κ1) is 12.3. The van der Waals surface area contributed by atoms with Crippen LogP contribution in [-0.4, -0.2) is 22.9 Å². The summed E-state index contributed by atoms with van der Waals surface area (Å²) in [4.78, 5) is 11.6. The number of carbonyl (C=O) groups is 1. The Morgan fingerprint density at radius 2 is 1.95 bits per heavy atom. The zero-order valence-corrected chi connectivity index (χ0v) is 10.7. The van der Waals surface area contributed by atoms with Gasteiger partial charge in [-0.15, -0.1) is 0 Å². The van der Waals surface area contributed by atoms with E-state index in [1.54, 1.807) is 41.2 Å². The normalized spacial score (nSPS) is 10.7. The summed E-state index contributed by atoms with van der Waals surface area (Å²) in [6, 6.07) is 11.2. The Kier molecular flexibility index (Phi) is 2.95. The van der Waals surface area contributed by atoms with Gasteiger partial charge in [0, 0.05) is 5.39 Å². The summed E-state index contributed by atoms with van der Waals surface area (Å²) in [6.07, 6.45) is 1.69. The van der Waals surface area contributed by atoms with Gasteiger partial charge in [-0.25, -0.2) is 13.9 Å². The number of rotatable bonds is 2. The third kappa shape index (κ3) is 2.03. The maximum atomic E-state index is 13.0. The molecular weight excluding hydrogens is 259 g/mol. The van der Waals surface area contributed by atoms with Gasteiger partial charge in [-0.05, 0) is 36.4 Å². The summed E-state index contributed by atoms with van der Waals surface area (Å²) in [5.41, 5.74) is 1.94. The molecule has 0 unspecified atom stereocenters. The van der Waals surface area contributed by atoms with Gasteiger partial charge in [-0.2, -0.15) is 5.10 Å². The first-order valence-corrected chi connectivity index (χ1v) is 6.01. The van der Waals surface area contributed by atoms with Crippen molar-refractivity contribution in [1.82, 2.24) is 9.78 Å². The molecule has 0 aliphatic rings. The van der Waals surface area contributed by atoms with Crippen LogP contribution in [0.4, 0.5) is 4.39 Å². The van der Waals surface area contributed by atoms with Crippen LogP contribution in [0.15, 0.2) is 48.7 Å². The average Bonchev–Trinajstić information content (AvgIpc) is 2.90. The smallest absolute Gasteiger partial charge is 0.337 e. The van der Waals surface area contributed by atoms with Gasteiger partial charge in [0.05, 0.1) is 30.1 Å². The van der Waals surface area contributed by atoms with Crippen LogP contribution in [0.5, 0.6) is 0 Å². The Bertz CT molecular complexity index is 778. The van der Waals surface area contributed by atoms with E-state index in [9.17, 15) is 9.18 Å². The molecule has 0 spiro atoms. The summed E-state index contributed by atoms with van der Waals surface area (Å²) < 4.78 is 19.3. The van der Waals surface area contributed by atoms with Crippen LogP contribution in [0.1, 0.15) is 10.4 Å². The largest absolute Gasteiger partial charge is 0.465 e. The second-order valence-electron chi connectivity index (χ2n) is 4.30. The molecule has 0 saturated heterocycles. The number of hydrogen-bond donors (Lipinski definition) is 0. The van der Waals surface area contributed by atoms with E-state index >= 15 is 0 Å². The Labute approximate surface area is 114 Å². The second kappa shape index (κ2) is 4.77. The fraction of sp³-hybridized carbons (Fsp3) is 0.0667. The maximum absolute atomic E-state index is 13.0. The van der Waals surface area contributed by atoms with Crippen molar-refractivity contribution in [2.75, 3.05) is 7.11 Å². The number of carbonyl (C=O) groups excluding carboxylic acids is 1. The predicted octanol–water partition coefficient (Wildman–Crippen LogP) is 2.95. The lowest BCUT2D eigenvalue weighted by Crippen LogP contribution is -2.02. The van der Waals surface area contributed by atoms with E-state index < -0.39 is 5.97 Å². The number of halogens is 1. The molecule has 0 amide bonds. The molecule has 3 aromatic rings. The van der Waals surface area contributed by atoms with E-state index in [0.717, 1.165) is 16.6 Å². The molecule has 0 atom stereocenters. The number of nitrogens with zero attached hydrogens (tertiary/aromatic N) is 2. The van der Waals surface area contributed by atoms with Crippen LogP contribution in [0.25, 0.3) is 16.6 Å². The van der Waals surface area contributed by atoms with E-state index in [0.29, 0.717) is 5.56 Å². The minimum atomic E-state index is -0.404. The molecule has 5 heteroatoms. The van der Waals surface area contributed by atoms with Gasteiger partial charge in [0.1, 0.15) is 5.82 Å². The fourth-order valence-corrected chi connectivity index (χ4v) is 2.05. The van der Waals surface area contributed by atoms with Crippen LogP contribution < -0.4 is 0 Å². The third-order valence-corrected chi connectivity index (χ3v) is 3.06. The second-order valence-corrected chi connectivity index (χ2v) is 4.30. The number of fused-ring (bicyclic) bond motifs is 1. The molecule has 1 heterocycles. The van der Waals surface area contributed by atoms with Crippen LogP contribution >= 0.6 is 0 Å². The van der Waals surface area contributed by atoms with Crippen LogP contribution in [0, 0.1) is 5.82 Å². The Morgan fingerprint density at radius 1 is 1.20 bits per heavy atom. The lowest BCUT2D eigenvalue weighted by molar-refractivity contribution is 0.0601. The summed E-state index contributed by atoms with van der Waals surface area (Å²) >= 11 is 0. The highest BCUT2D eigenvalue weighted by atomic mass is 19.1. The molecule has 100 valence electrons. The molecule has 0 bridgehead atoms. The standard InChI is InChI=1S/C15H11FN2O2/c1-20-15(19)10-2-3-11-9-17-18(14(11)8-10)13-6-4-12(16)5-7-13/h2-9H,1H3. The summed E-state index contributed by atoms with van der Waals surface area (Å²) in [6.45, 7) is 0. The van der Waals surface area contributed by atoms with Gasteiger partial charge in [-0.3, -0.25) is 0 Å². The zero-order chi connectivity index (χ0) is 14.1. The SMILES string of the molecule is COC(=O)c1ccc2cnn(-c3ccc(F)cc3)c2c1. The Morgan fingerprint density at radius 3 is 2.65 bits per heavy atom. The van der Waals surface area contributed by atoms with Crippen LogP contribution in [-0.2, 0) is 4.74 Å². The highest BCUT2D eigenvalue weighted by molar-refractivity contribution is 5.94. The fourth-order valence-electron chi connectivity index (χ4n) is 2.05. The summed E-state index contributed by atoms with van der Waals surface area (Å²) in [5, 5.41) is 5.15. The molecular formula is C15H11FN2O2. The van der Waals surface area contributed by atoms with Gasteiger partial charge in [0.2, 0.25) is 0 Å². The molecule has 0 fully saturated rings.